The Morgan fingerprint density at radius 2 is 1.71 bits per heavy atom. The summed E-state index contributed by atoms with van der Waals surface area (Å²) in [5.74, 6) is 0.838. The van der Waals surface area contributed by atoms with Crippen LogP contribution in [0, 0.1) is 5.82 Å². The standard InChI is InChI=1S/C31H34FN5O/c32-26-10-7-24(8-11-26)13-15-37-23-33-21-30(37)28-5-2-1-4-27(28)29-6-3-14-36(29)22-25-9-12-31(34-20-25)35-16-18-38-19-17-35/h1-2,4-5,7-12,20-21,23,29H,3,6,13-19,22H2. The minimum atomic E-state index is -0.198. The molecule has 38 heavy (non-hydrogen) atoms. The van der Waals surface area contributed by atoms with Gasteiger partial charge in [0.15, 0.2) is 0 Å². The maximum absolute atomic E-state index is 13.3. The van der Waals surface area contributed by atoms with Gasteiger partial charge in [-0.3, -0.25) is 4.90 Å². The van der Waals surface area contributed by atoms with Crippen molar-refractivity contribution in [3.05, 3.63) is 102 Å². The number of likely N-dealkylation sites (tertiary alicyclic amines) is 1. The summed E-state index contributed by atoms with van der Waals surface area (Å²) in [5.41, 5.74) is 6.09. The van der Waals surface area contributed by atoms with Crippen LogP contribution in [0.5, 0.6) is 0 Å². The zero-order chi connectivity index (χ0) is 25.7. The van der Waals surface area contributed by atoms with Crippen LogP contribution in [0.25, 0.3) is 11.3 Å². The van der Waals surface area contributed by atoms with Crippen LogP contribution < -0.4 is 4.90 Å². The molecule has 0 N–H and O–H groups in total. The van der Waals surface area contributed by atoms with E-state index in [0.29, 0.717) is 6.04 Å². The predicted molar refractivity (Wildman–Crippen MR) is 147 cm³/mol. The van der Waals surface area contributed by atoms with Crippen molar-refractivity contribution < 1.29 is 9.13 Å². The third-order valence-electron chi connectivity index (χ3n) is 7.76. The summed E-state index contributed by atoms with van der Waals surface area (Å²) < 4.78 is 21.0. The van der Waals surface area contributed by atoms with E-state index in [1.165, 1.54) is 35.2 Å². The zero-order valence-corrected chi connectivity index (χ0v) is 21.7. The van der Waals surface area contributed by atoms with Gasteiger partial charge in [-0.25, -0.2) is 14.4 Å². The SMILES string of the molecule is Fc1ccc(CCn2cncc2-c2ccccc2C2CCCN2Cc2ccc(N3CCOCC3)nc2)cc1. The predicted octanol–water partition coefficient (Wildman–Crippen LogP) is 5.50. The number of nitrogens with zero attached hydrogens (tertiary/aromatic N) is 5. The highest BCUT2D eigenvalue weighted by Crippen LogP contribution is 2.38. The van der Waals surface area contributed by atoms with E-state index in [0.717, 1.165) is 75.9 Å². The van der Waals surface area contributed by atoms with Crippen molar-refractivity contribution in [1.29, 1.82) is 0 Å². The summed E-state index contributed by atoms with van der Waals surface area (Å²) in [7, 11) is 0. The quantitative estimate of drug-likeness (QED) is 0.313. The fraction of sp³-hybridized carbons (Fsp3) is 0.355. The molecule has 0 radical (unpaired) electrons. The number of aryl methyl sites for hydroxylation is 2. The van der Waals surface area contributed by atoms with Crippen LogP contribution >= 0.6 is 0 Å². The first-order valence-corrected chi connectivity index (χ1v) is 13.6. The molecule has 2 aliphatic rings. The molecule has 0 saturated carbocycles. The molecule has 6 rings (SSSR count). The van der Waals surface area contributed by atoms with E-state index in [1.807, 2.05) is 30.9 Å². The number of pyridine rings is 1. The van der Waals surface area contributed by atoms with Crippen molar-refractivity contribution >= 4 is 5.82 Å². The minimum Gasteiger partial charge on any atom is -0.378 e. The molecular weight excluding hydrogens is 477 g/mol. The summed E-state index contributed by atoms with van der Waals surface area (Å²) in [6.07, 6.45) is 9.06. The fourth-order valence-corrected chi connectivity index (χ4v) is 5.74. The molecule has 0 spiro atoms. The second-order valence-corrected chi connectivity index (χ2v) is 10.2. The Bertz CT molecular complexity index is 1330. The summed E-state index contributed by atoms with van der Waals surface area (Å²) >= 11 is 0. The second kappa shape index (κ2) is 11.5. The van der Waals surface area contributed by atoms with Gasteiger partial charge in [-0.1, -0.05) is 42.5 Å². The number of hydrogen-bond acceptors (Lipinski definition) is 5. The Hall–Kier alpha value is -3.55. The number of rotatable bonds is 8. The fourth-order valence-electron chi connectivity index (χ4n) is 5.74. The van der Waals surface area contributed by atoms with Gasteiger partial charge in [0.2, 0.25) is 0 Å². The Labute approximate surface area is 223 Å². The average molecular weight is 512 g/mol. The summed E-state index contributed by atoms with van der Waals surface area (Å²) in [6.45, 7) is 6.10. The normalized spacial score (nSPS) is 18.2. The lowest BCUT2D eigenvalue weighted by molar-refractivity contribution is 0.122. The van der Waals surface area contributed by atoms with E-state index in [9.17, 15) is 4.39 Å². The first kappa shape index (κ1) is 24.8. The van der Waals surface area contributed by atoms with E-state index in [1.54, 1.807) is 0 Å². The van der Waals surface area contributed by atoms with Crippen molar-refractivity contribution in [3.63, 3.8) is 0 Å². The molecule has 4 aromatic rings. The third-order valence-corrected chi connectivity index (χ3v) is 7.76. The Kier molecular flexibility index (Phi) is 7.47. The van der Waals surface area contributed by atoms with Gasteiger partial charge in [-0.2, -0.15) is 0 Å². The Morgan fingerprint density at radius 3 is 2.53 bits per heavy atom. The van der Waals surface area contributed by atoms with Crippen molar-refractivity contribution in [3.8, 4) is 11.3 Å². The molecule has 2 aliphatic heterocycles. The monoisotopic (exact) mass is 511 g/mol. The first-order valence-electron chi connectivity index (χ1n) is 13.6. The Morgan fingerprint density at radius 1 is 0.895 bits per heavy atom. The van der Waals surface area contributed by atoms with E-state index < -0.39 is 0 Å². The molecule has 2 fully saturated rings. The molecule has 196 valence electrons. The average Bonchev–Trinajstić information content (AvgIpc) is 3.63. The van der Waals surface area contributed by atoms with E-state index in [2.05, 4.69) is 55.7 Å². The summed E-state index contributed by atoms with van der Waals surface area (Å²) in [6, 6.07) is 20.3. The van der Waals surface area contributed by atoms with Crippen molar-refractivity contribution in [2.75, 3.05) is 37.7 Å². The van der Waals surface area contributed by atoms with Crippen LogP contribution in [-0.4, -0.2) is 52.3 Å². The smallest absolute Gasteiger partial charge is 0.128 e. The number of morpholine rings is 1. The van der Waals surface area contributed by atoms with Crippen LogP contribution in [-0.2, 0) is 24.2 Å². The number of anilines is 1. The zero-order valence-electron chi connectivity index (χ0n) is 21.7. The van der Waals surface area contributed by atoms with Crippen LogP contribution in [0.4, 0.5) is 10.2 Å². The lowest BCUT2D eigenvalue weighted by Crippen LogP contribution is -2.36. The highest BCUT2D eigenvalue weighted by molar-refractivity contribution is 5.64. The number of benzene rings is 2. The molecule has 6 nitrogen and oxygen atoms in total. The van der Waals surface area contributed by atoms with Crippen LogP contribution in [0.2, 0.25) is 0 Å². The third kappa shape index (κ3) is 5.49. The highest BCUT2D eigenvalue weighted by Gasteiger charge is 2.28. The number of halogens is 1. The molecule has 0 bridgehead atoms. The van der Waals surface area contributed by atoms with Gasteiger partial charge >= 0.3 is 0 Å². The maximum Gasteiger partial charge on any atom is 0.128 e. The van der Waals surface area contributed by atoms with Crippen molar-refractivity contribution in [2.24, 2.45) is 0 Å². The molecule has 0 aliphatic carbocycles. The lowest BCUT2D eigenvalue weighted by atomic mass is 9.96. The Balaban J connectivity index is 1.18. The maximum atomic E-state index is 13.3. The second-order valence-electron chi connectivity index (χ2n) is 10.2. The van der Waals surface area contributed by atoms with Gasteiger partial charge in [0.05, 0.1) is 31.4 Å². The summed E-state index contributed by atoms with van der Waals surface area (Å²) in [4.78, 5) is 14.1. The highest BCUT2D eigenvalue weighted by atomic mass is 19.1. The summed E-state index contributed by atoms with van der Waals surface area (Å²) in [5, 5.41) is 0. The van der Waals surface area contributed by atoms with Crippen LogP contribution in [0.3, 0.4) is 0 Å². The van der Waals surface area contributed by atoms with Gasteiger partial charge in [-0.15, -0.1) is 0 Å². The number of ether oxygens (including phenoxy) is 1. The van der Waals surface area contributed by atoms with Crippen LogP contribution in [0.15, 0.2) is 79.4 Å². The van der Waals surface area contributed by atoms with Gasteiger partial charge in [0.1, 0.15) is 11.6 Å². The van der Waals surface area contributed by atoms with Crippen molar-refractivity contribution in [1.82, 2.24) is 19.4 Å². The number of hydrogen-bond donors (Lipinski definition) is 0. The molecule has 0 amide bonds. The molecular formula is C31H34FN5O. The van der Waals surface area contributed by atoms with Gasteiger partial charge in [-0.05, 0) is 60.7 Å². The molecule has 4 heterocycles. The molecule has 7 heteroatoms. The van der Waals surface area contributed by atoms with E-state index >= 15 is 0 Å². The van der Waals surface area contributed by atoms with Crippen LogP contribution in [0.1, 0.15) is 35.6 Å². The van der Waals surface area contributed by atoms with Gasteiger partial charge in [0, 0.05) is 44.0 Å². The molecule has 1 atom stereocenters. The molecule has 1 unspecified atom stereocenters. The lowest BCUT2D eigenvalue weighted by Gasteiger charge is -2.29. The van der Waals surface area contributed by atoms with Gasteiger partial charge < -0.3 is 14.2 Å². The first-order chi connectivity index (χ1) is 18.7. The van der Waals surface area contributed by atoms with E-state index in [-0.39, 0.29) is 5.82 Å². The minimum absolute atomic E-state index is 0.198. The largest absolute Gasteiger partial charge is 0.378 e. The van der Waals surface area contributed by atoms with E-state index in [4.69, 9.17) is 9.72 Å². The number of aromatic nitrogens is 3. The topological polar surface area (TPSA) is 46.4 Å². The van der Waals surface area contributed by atoms with Gasteiger partial charge in [0.25, 0.3) is 0 Å². The molecule has 2 aromatic carbocycles. The molecule has 2 saturated heterocycles. The number of imidazole rings is 1. The molecule has 2 aromatic heterocycles. The van der Waals surface area contributed by atoms with Crippen molar-refractivity contribution in [2.45, 2.75) is 38.4 Å².